The minimum Gasteiger partial charge on any atom is -0.459 e. The smallest absolute Gasteiger partial charge is 0.338 e. The minimum atomic E-state index is -0.698. The summed E-state index contributed by atoms with van der Waals surface area (Å²) in [5.41, 5.74) is -0.797. The van der Waals surface area contributed by atoms with Gasteiger partial charge in [0, 0.05) is 26.0 Å². The first-order chi connectivity index (χ1) is 11.7. The fourth-order valence-corrected chi connectivity index (χ4v) is 2.17. The summed E-state index contributed by atoms with van der Waals surface area (Å²) < 4.78 is 7.10. The number of nitrogens with zero attached hydrogens (tertiary/aromatic N) is 2. The van der Waals surface area contributed by atoms with E-state index in [-0.39, 0.29) is 17.2 Å². The summed E-state index contributed by atoms with van der Waals surface area (Å²) in [7, 11) is 2.74. The topological polar surface area (TPSA) is 99.4 Å². The summed E-state index contributed by atoms with van der Waals surface area (Å²) in [5.74, 6) is -1.19. The van der Waals surface area contributed by atoms with Crippen molar-refractivity contribution in [3.05, 3.63) is 62.4 Å². The van der Waals surface area contributed by atoms with E-state index in [9.17, 15) is 19.2 Å². The number of anilines is 1. The molecule has 1 heterocycles. The molecule has 0 unspecified atom stereocenters. The van der Waals surface area contributed by atoms with Gasteiger partial charge in [0.15, 0.2) is 0 Å². The van der Waals surface area contributed by atoms with E-state index in [1.165, 1.54) is 26.4 Å². The average Bonchev–Trinajstić information content (AvgIpc) is 2.55. The second kappa shape index (κ2) is 7.16. The maximum Gasteiger partial charge on any atom is 0.338 e. The van der Waals surface area contributed by atoms with E-state index in [0.29, 0.717) is 5.69 Å². The number of hydrogen-bond donors (Lipinski definition) is 1. The quantitative estimate of drug-likeness (QED) is 0.830. The molecule has 0 aliphatic carbocycles. The van der Waals surface area contributed by atoms with E-state index in [2.05, 4.69) is 5.32 Å². The Balaban J connectivity index is 2.29. The van der Waals surface area contributed by atoms with E-state index in [1.54, 1.807) is 32.0 Å². The monoisotopic (exact) mass is 345 g/mol. The summed E-state index contributed by atoms with van der Waals surface area (Å²) in [4.78, 5) is 48.0. The van der Waals surface area contributed by atoms with Gasteiger partial charge in [0.2, 0.25) is 0 Å². The Kier molecular flexibility index (Phi) is 5.21. The first-order valence-electron chi connectivity index (χ1n) is 7.59. The molecule has 25 heavy (non-hydrogen) atoms. The van der Waals surface area contributed by atoms with Crippen LogP contribution in [0.3, 0.4) is 0 Å². The zero-order chi connectivity index (χ0) is 18.7. The minimum absolute atomic E-state index is 0.181. The number of benzene rings is 1. The first-order valence-corrected chi connectivity index (χ1v) is 7.59. The molecule has 8 nitrogen and oxygen atoms in total. The van der Waals surface area contributed by atoms with E-state index in [1.807, 2.05) is 0 Å². The van der Waals surface area contributed by atoms with Crippen molar-refractivity contribution < 1.29 is 14.3 Å². The van der Waals surface area contributed by atoms with Crippen LogP contribution in [-0.2, 0) is 18.8 Å². The van der Waals surface area contributed by atoms with Crippen LogP contribution in [0.1, 0.15) is 34.6 Å². The van der Waals surface area contributed by atoms with Gasteiger partial charge in [-0.3, -0.25) is 14.2 Å². The van der Waals surface area contributed by atoms with Crippen molar-refractivity contribution >= 4 is 17.6 Å². The second-order valence-electron chi connectivity index (χ2n) is 5.79. The van der Waals surface area contributed by atoms with Gasteiger partial charge in [-0.1, -0.05) is 6.07 Å². The van der Waals surface area contributed by atoms with Gasteiger partial charge in [-0.05, 0) is 32.0 Å². The summed E-state index contributed by atoms with van der Waals surface area (Å²) in [6.07, 6.45) is 0.913. The molecule has 0 aliphatic rings. The molecule has 1 amide bonds. The molecule has 0 saturated carbocycles. The van der Waals surface area contributed by atoms with Gasteiger partial charge in [-0.2, -0.15) is 0 Å². The lowest BCUT2D eigenvalue weighted by Crippen LogP contribution is -2.40. The molecule has 0 fully saturated rings. The SMILES string of the molecule is CC(C)OC(=O)c1cccc(NC(=O)c2cn(C)c(=O)n(C)c2=O)c1. The Morgan fingerprint density at radius 2 is 1.84 bits per heavy atom. The van der Waals surface area contributed by atoms with Gasteiger partial charge in [0.25, 0.3) is 11.5 Å². The van der Waals surface area contributed by atoms with Crippen LogP contribution in [-0.4, -0.2) is 27.1 Å². The Hall–Kier alpha value is -3.16. The number of aryl methyl sites for hydroxylation is 1. The first kappa shape index (κ1) is 18.2. The molecular weight excluding hydrogens is 326 g/mol. The fourth-order valence-electron chi connectivity index (χ4n) is 2.17. The lowest BCUT2D eigenvalue weighted by Gasteiger charge is -2.10. The molecule has 0 spiro atoms. The lowest BCUT2D eigenvalue weighted by atomic mass is 10.2. The van der Waals surface area contributed by atoms with Crippen molar-refractivity contribution in [1.29, 1.82) is 0 Å². The van der Waals surface area contributed by atoms with E-state index >= 15 is 0 Å². The number of amides is 1. The van der Waals surface area contributed by atoms with Gasteiger partial charge in [0.05, 0.1) is 11.7 Å². The average molecular weight is 345 g/mol. The van der Waals surface area contributed by atoms with Crippen molar-refractivity contribution in [1.82, 2.24) is 9.13 Å². The highest BCUT2D eigenvalue weighted by Gasteiger charge is 2.16. The zero-order valence-corrected chi connectivity index (χ0v) is 14.4. The third kappa shape index (κ3) is 4.03. The summed E-state index contributed by atoms with van der Waals surface area (Å²) in [5, 5.41) is 2.55. The molecule has 0 atom stereocenters. The van der Waals surface area contributed by atoms with Crippen LogP contribution in [0.5, 0.6) is 0 Å². The van der Waals surface area contributed by atoms with Crippen LogP contribution in [0.2, 0.25) is 0 Å². The molecule has 1 N–H and O–H groups in total. The maximum absolute atomic E-state index is 12.4. The molecule has 0 bridgehead atoms. The van der Waals surface area contributed by atoms with Gasteiger partial charge < -0.3 is 14.6 Å². The number of nitrogens with one attached hydrogen (secondary N) is 1. The maximum atomic E-state index is 12.4. The van der Waals surface area contributed by atoms with Crippen molar-refractivity contribution in [2.75, 3.05) is 5.32 Å². The Bertz CT molecular complexity index is 940. The largest absolute Gasteiger partial charge is 0.459 e. The van der Waals surface area contributed by atoms with Gasteiger partial charge >= 0.3 is 11.7 Å². The predicted molar refractivity (Wildman–Crippen MR) is 91.9 cm³/mol. The van der Waals surface area contributed by atoms with E-state index in [0.717, 1.165) is 9.13 Å². The molecule has 0 saturated heterocycles. The molecule has 0 aliphatic heterocycles. The molecule has 1 aromatic carbocycles. The highest BCUT2D eigenvalue weighted by Crippen LogP contribution is 2.13. The normalized spacial score (nSPS) is 10.6. The highest BCUT2D eigenvalue weighted by atomic mass is 16.5. The molecule has 8 heteroatoms. The number of carbonyl (C=O) groups excluding carboxylic acids is 2. The highest BCUT2D eigenvalue weighted by molar-refractivity contribution is 6.04. The molecule has 2 rings (SSSR count). The Morgan fingerprint density at radius 1 is 1.16 bits per heavy atom. The number of hydrogen-bond acceptors (Lipinski definition) is 5. The number of esters is 1. The molecular formula is C17H19N3O5. The molecule has 2 aromatic rings. The van der Waals surface area contributed by atoms with Crippen LogP contribution in [0.15, 0.2) is 40.1 Å². The summed E-state index contributed by atoms with van der Waals surface area (Å²) in [6, 6.07) is 6.18. The van der Waals surface area contributed by atoms with Gasteiger partial charge in [-0.25, -0.2) is 9.59 Å². The van der Waals surface area contributed by atoms with Gasteiger partial charge in [0.1, 0.15) is 5.56 Å². The Labute approximate surface area is 143 Å². The molecule has 1 aromatic heterocycles. The number of rotatable bonds is 4. The zero-order valence-electron chi connectivity index (χ0n) is 14.4. The lowest BCUT2D eigenvalue weighted by molar-refractivity contribution is 0.0378. The molecule has 132 valence electrons. The number of carbonyl (C=O) groups is 2. The van der Waals surface area contributed by atoms with Crippen LogP contribution in [0.25, 0.3) is 0 Å². The third-order valence-corrected chi connectivity index (χ3v) is 3.39. The van der Waals surface area contributed by atoms with Crippen molar-refractivity contribution in [3.8, 4) is 0 Å². The molecule has 0 radical (unpaired) electrons. The van der Waals surface area contributed by atoms with Crippen molar-refractivity contribution in [2.24, 2.45) is 14.1 Å². The van der Waals surface area contributed by atoms with Gasteiger partial charge in [-0.15, -0.1) is 0 Å². The standard InChI is InChI=1S/C17H19N3O5/c1-10(2)25-16(23)11-6-5-7-12(8-11)18-14(21)13-9-19(3)17(24)20(4)15(13)22/h5-10H,1-4H3,(H,18,21). The number of aromatic nitrogens is 2. The van der Waals surface area contributed by atoms with Crippen LogP contribution < -0.4 is 16.6 Å². The van der Waals surface area contributed by atoms with E-state index in [4.69, 9.17) is 4.74 Å². The second-order valence-corrected chi connectivity index (χ2v) is 5.79. The summed E-state index contributed by atoms with van der Waals surface area (Å²) in [6.45, 7) is 3.47. The van der Waals surface area contributed by atoms with Crippen LogP contribution >= 0.6 is 0 Å². The Morgan fingerprint density at radius 3 is 2.48 bits per heavy atom. The van der Waals surface area contributed by atoms with Crippen molar-refractivity contribution in [3.63, 3.8) is 0 Å². The van der Waals surface area contributed by atoms with Crippen LogP contribution in [0, 0.1) is 0 Å². The third-order valence-electron chi connectivity index (χ3n) is 3.39. The van der Waals surface area contributed by atoms with Crippen molar-refractivity contribution in [2.45, 2.75) is 20.0 Å². The predicted octanol–water partition coefficient (Wildman–Crippen LogP) is 0.901. The fraction of sp³-hybridized carbons (Fsp3) is 0.294. The van der Waals surface area contributed by atoms with Crippen LogP contribution in [0.4, 0.5) is 5.69 Å². The summed E-state index contributed by atoms with van der Waals surface area (Å²) >= 11 is 0. The van der Waals surface area contributed by atoms with E-state index < -0.39 is 23.1 Å². The number of ether oxygens (including phenoxy) is 1.